The summed E-state index contributed by atoms with van der Waals surface area (Å²) in [6.45, 7) is 2.48. The number of hydrogen-bond donors (Lipinski definition) is 1. The minimum absolute atomic E-state index is 0.939. The SMILES string of the molecule is PCC1CCCNC1. The molecule has 2 heteroatoms. The molecule has 1 rings (SSSR count). The van der Waals surface area contributed by atoms with Crippen molar-refractivity contribution < 1.29 is 0 Å². The molecule has 0 aromatic rings. The lowest BCUT2D eigenvalue weighted by molar-refractivity contribution is 0.410. The molecule has 0 aromatic heterocycles. The third-order valence-electron chi connectivity index (χ3n) is 1.73. The highest BCUT2D eigenvalue weighted by Gasteiger charge is 2.08. The molecule has 0 aliphatic carbocycles. The van der Waals surface area contributed by atoms with E-state index in [-0.39, 0.29) is 0 Å². The standard InChI is InChI=1S/C6H14NP/c8-5-6-2-1-3-7-4-6/h6-7H,1-5,8H2. The second-order valence-corrected chi connectivity index (χ2v) is 2.92. The van der Waals surface area contributed by atoms with Crippen LogP contribution in [0.15, 0.2) is 0 Å². The van der Waals surface area contributed by atoms with Gasteiger partial charge in [0.1, 0.15) is 0 Å². The summed E-state index contributed by atoms with van der Waals surface area (Å²) in [6.07, 6.45) is 4.07. The monoisotopic (exact) mass is 131 g/mol. The van der Waals surface area contributed by atoms with Crippen LogP contribution in [0.4, 0.5) is 0 Å². The Balaban J connectivity index is 2.13. The van der Waals surface area contributed by atoms with Gasteiger partial charge in [0.2, 0.25) is 0 Å². The second kappa shape index (κ2) is 3.42. The van der Waals surface area contributed by atoms with Crippen molar-refractivity contribution in [1.29, 1.82) is 0 Å². The van der Waals surface area contributed by atoms with Gasteiger partial charge < -0.3 is 5.32 Å². The highest BCUT2D eigenvalue weighted by Crippen LogP contribution is 2.11. The molecule has 0 amide bonds. The van der Waals surface area contributed by atoms with Gasteiger partial charge in [0, 0.05) is 0 Å². The van der Waals surface area contributed by atoms with E-state index in [1.165, 1.54) is 32.1 Å². The average molecular weight is 131 g/mol. The first-order chi connectivity index (χ1) is 3.93. The van der Waals surface area contributed by atoms with Crippen LogP contribution in [0.3, 0.4) is 0 Å². The summed E-state index contributed by atoms with van der Waals surface area (Å²) in [5.41, 5.74) is 0. The van der Waals surface area contributed by atoms with E-state index in [9.17, 15) is 0 Å². The molecule has 0 radical (unpaired) electrons. The van der Waals surface area contributed by atoms with Crippen LogP contribution in [0.1, 0.15) is 12.8 Å². The van der Waals surface area contributed by atoms with E-state index in [1.807, 2.05) is 0 Å². The minimum Gasteiger partial charge on any atom is -0.316 e. The highest BCUT2D eigenvalue weighted by atomic mass is 31.0. The van der Waals surface area contributed by atoms with Crippen LogP contribution < -0.4 is 5.32 Å². The largest absolute Gasteiger partial charge is 0.316 e. The van der Waals surface area contributed by atoms with Gasteiger partial charge in [-0.2, -0.15) is 0 Å². The summed E-state index contributed by atoms with van der Waals surface area (Å²) in [7, 11) is 2.81. The Hall–Kier alpha value is 0.390. The predicted molar refractivity (Wildman–Crippen MR) is 40.2 cm³/mol. The first-order valence-corrected chi connectivity index (χ1v) is 4.16. The van der Waals surface area contributed by atoms with Crippen LogP contribution in [0, 0.1) is 5.92 Å². The fourth-order valence-corrected chi connectivity index (χ4v) is 1.53. The van der Waals surface area contributed by atoms with E-state index < -0.39 is 0 Å². The zero-order chi connectivity index (χ0) is 5.82. The maximum Gasteiger partial charge on any atom is -0.00173 e. The van der Waals surface area contributed by atoms with Gasteiger partial charge in [0.05, 0.1) is 0 Å². The smallest absolute Gasteiger partial charge is 0.00173 e. The molecule has 0 spiro atoms. The molecule has 2 unspecified atom stereocenters. The number of rotatable bonds is 1. The van der Waals surface area contributed by atoms with Crippen molar-refractivity contribution in [2.45, 2.75) is 12.8 Å². The molecule has 0 aromatic carbocycles. The zero-order valence-corrected chi connectivity index (χ0v) is 6.34. The lowest BCUT2D eigenvalue weighted by atomic mass is 10.0. The molecule has 1 heterocycles. The number of hydrogen-bond acceptors (Lipinski definition) is 1. The summed E-state index contributed by atoms with van der Waals surface area (Å²) in [5, 5.41) is 3.37. The Morgan fingerprint density at radius 3 is 2.88 bits per heavy atom. The van der Waals surface area contributed by atoms with Crippen molar-refractivity contribution in [2.24, 2.45) is 5.92 Å². The highest BCUT2D eigenvalue weighted by molar-refractivity contribution is 7.16. The van der Waals surface area contributed by atoms with E-state index in [0.29, 0.717) is 0 Å². The molecule has 1 aliphatic rings. The van der Waals surface area contributed by atoms with Crippen LogP contribution >= 0.6 is 9.24 Å². The van der Waals surface area contributed by atoms with Crippen molar-refractivity contribution in [2.75, 3.05) is 19.3 Å². The minimum atomic E-state index is 0.939. The lowest BCUT2D eigenvalue weighted by Crippen LogP contribution is -2.30. The summed E-state index contributed by atoms with van der Waals surface area (Å²) in [4.78, 5) is 0. The first-order valence-electron chi connectivity index (χ1n) is 3.34. The molecule has 0 saturated carbocycles. The molecular formula is C6H14NP. The third-order valence-corrected chi connectivity index (χ3v) is 2.40. The Bertz CT molecular complexity index is 59.5. The van der Waals surface area contributed by atoms with Gasteiger partial charge >= 0.3 is 0 Å². The maximum atomic E-state index is 3.37. The second-order valence-electron chi connectivity index (χ2n) is 2.45. The molecule has 1 aliphatic heterocycles. The van der Waals surface area contributed by atoms with E-state index in [1.54, 1.807) is 0 Å². The maximum absolute atomic E-state index is 3.37. The summed E-state index contributed by atoms with van der Waals surface area (Å²) < 4.78 is 0. The van der Waals surface area contributed by atoms with Crippen LogP contribution in [-0.4, -0.2) is 19.3 Å². The van der Waals surface area contributed by atoms with E-state index in [2.05, 4.69) is 14.6 Å². The molecule has 1 saturated heterocycles. The fourth-order valence-electron chi connectivity index (χ4n) is 1.13. The van der Waals surface area contributed by atoms with Crippen LogP contribution in [0.2, 0.25) is 0 Å². The predicted octanol–water partition coefficient (Wildman–Crippen LogP) is 0.861. The van der Waals surface area contributed by atoms with E-state index in [4.69, 9.17) is 0 Å². The van der Waals surface area contributed by atoms with Gasteiger partial charge in [-0.1, -0.05) is 0 Å². The Morgan fingerprint density at radius 1 is 1.62 bits per heavy atom. The van der Waals surface area contributed by atoms with Crippen molar-refractivity contribution >= 4 is 9.24 Å². The number of nitrogens with one attached hydrogen (secondary N) is 1. The topological polar surface area (TPSA) is 12.0 Å². The van der Waals surface area contributed by atoms with Gasteiger partial charge in [0.15, 0.2) is 0 Å². The molecule has 1 fully saturated rings. The van der Waals surface area contributed by atoms with Gasteiger partial charge in [-0.15, -0.1) is 9.24 Å². The Labute approximate surface area is 53.4 Å². The summed E-state index contributed by atoms with van der Waals surface area (Å²) in [6, 6.07) is 0. The summed E-state index contributed by atoms with van der Waals surface area (Å²) >= 11 is 0. The average Bonchev–Trinajstić information content (AvgIpc) is 1.90. The van der Waals surface area contributed by atoms with Gasteiger partial charge in [-0.05, 0) is 38.0 Å². The van der Waals surface area contributed by atoms with Crippen molar-refractivity contribution in [3.63, 3.8) is 0 Å². The molecular weight excluding hydrogens is 117 g/mol. The molecule has 48 valence electrons. The molecule has 0 bridgehead atoms. The van der Waals surface area contributed by atoms with E-state index in [0.717, 1.165) is 5.92 Å². The molecule has 2 atom stereocenters. The van der Waals surface area contributed by atoms with Gasteiger partial charge in [-0.3, -0.25) is 0 Å². The zero-order valence-electron chi connectivity index (χ0n) is 5.19. The van der Waals surface area contributed by atoms with Crippen LogP contribution in [0.5, 0.6) is 0 Å². The number of piperidine rings is 1. The van der Waals surface area contributed by atoms with Crippen molar-refractivity contribution in [3.8, 4) is 0 Å². The van der Waals surface area contributed by atoms with Gasteiger partial charge in [-0.25, -0.2) is 0 Å². The van der Waals surface area contributed by atoms with Crippen LogP contribution in [0.25, 0.3) is 0 Å². The first kappa shape index (κ1) is 6.51. The Morgan fingerprint density at radius 2 is 2.50 bits per heavy atom. The van der Waals surface area contributed by atoms with Crippen molar-refractivity contribution in [1.82, 2.24) is 5.32 Å². The molecule has 8 heavy (non-hydrogen) atoms. The molecule has 1 N–H and O–H groups in total. The lowest BCUT2D eigenvalue weighted by Gasteiger charge is -2.20. The van der Waals surface area contributed by atoms with Gasteiger partial charge in [0.25, 0.3) is 0 Å². The van der Waals surface area contributed by atoms with Crippen molar-refractivity contribution in [3.05, 3.63) is 0 Å². The molecule has 1 nitrogen and oxygen atoms in total. The third kappa shape index (κ3) is 1.72. The van der Waals surface area contributed by atoms with E-state index >= 15 is 0 Å². The fraction of sp³-hybridized carbons (Fsp3) is 1.00. The normalized spacial score (nSPS) is 30.4. The summed E-state index contributed by atoms with van der Waals surface area (Å²) in [5.74, 6) is 0.939. The Kier molecular flexibility index (Phi) is 2.78. The van der Waals surface area contributed by atoms with Crippen LogP contribution in [-0.2, 0) is 0 Å². The quantitative estimate of drug-likeness (QED) is 0.520.